The molecule has 29 heavy (non-hydrogen) atoms. The molecule has 0 spiro atoms. The maximum Gasteiger partial charge on any atom is 0.330 e. The normalized spacial score (nSPS) is 10.5. The fourth-order valence-corrected chi connectivity index (χ4v) is 2.46. The first-order valence-corrected chi connectivity index (χ1v) is 9.38. The zero-order valence-corrected chi connectivity index (χ0v) is 17.3. The number of carbonyl (C=O) groups is 2. The van der Waals surface area contributed by atoms with Gasteiger partial charge in [0.25, 0.3) is 5.91 Å². The molecule has 0 unspecified atom stereocenters. The van der Waals surface area contributed by atoms with E-state index in [9.17, 15) is 9.59 Å². The fraction of sp³-hybridized carbons (Fsp3) is 0.250. The summed E-state index contributed by atoms with van der Waals surface area (Å²) in [7, 11) is 1.32. The SMILES string of the molecule is COC(=O)/C=C/c1cc(OCC=C(C)C)cc(C(=O)NCc2ccc(C)cc2)c1. The van der Waals surface area contributed by atoms with E-state index >= 15 is 0 Å². The summed E-state index contributed by atoms with van der Waals surface area (Å²) < 4.78 is 10.4. The van der Waals surface area contributed by atoms with Crippen LogP contribution in [0.15, 0.2) is 60.2 Å². The highest BCUT2D eigenvalue weighted by Crippen LogP contribution is 2.19. The molecule has 2 aromatic rings. The Hall–Kier alpha value is -3.34. The van der Waals surface area contributed by atoms with Crippen molar-refractivity contribution in [3.05, 3.63) is 82.4 Å². The number of nitrogens with one attached hydrogen (secondary N) is 1. The third kappa shape index (κ3) is 7.66. The smallest absolute Gasteiger partial charge is 0.330 e. The second-order valence-electron chi connectivity index (χ2n) is 6.91. The Balaban J connectivity index is 2.18. The number of hydrogen-bond donors (Lipinski definition) is 1. The zero-order valence-electron chi connectivity index (χ0n) is 17.3. The summed E-state index contributed by atoms with van der Waals surface area (Å²) in [6.07, 6.45) is 4.85. The van der Waals surface area contributed by atoms with Gasteiger partial charge >= 0.3 is 5.97 Å². The molecular weight excluding hydrogens is 366 g/mol. The van der Waals surface area contributed by atoms with Gasteiger partial charge in [0, 0.05) is 18.2 Å². The van der Waals surface area contributed by atoms with Gasteiger partial charge in [0.05, 0.1) is 7.11 Å². The molecule has 1 N–H and O–H groups in total. The quantitative estimate of drug-likeness (QED) is 0.409. The minimum absolute atomic E-state index is 0.217. The van der Waals surface area contributed by atoms with E-state index in [1.165, 1.54) is 18.7 Å². The van der Waals surface area contributed by atoms with E-state index < -0.39 is 5.97 Å². The molecule has 0 aliphatic heterocycles. The average Bonchev–Trinajstić information content (AvgIpc) is 2.71. The van der Waals surface area contributed by atoms with Gasteiger partial charge in [0.15, 0.2) is 0 Å². The maximum atomic E-state index is 12.7. The molecule has 0 radical (unpaired) electrons. The third-order valence-electron chi connectivity index (χ3n) is 4.12. The molecule has 0 saturated carbocycles. The van der Waals surface area contributed by atoms with E-state index in [-0.39, 0.29) is 5.91 Å². The van der Waals surface area contributed by atoms with Gasteiger partial charge in [-0.3, -0.25) is 4.79 Å². The van der Waals surface area contributed by atoms with Crippen LogP contribution in [0.1, 0.15) is 40.9 Å². The van der Waals surface area contributed by atoms with Crippen molar-refractivity contribution in [1.82, 2.24) is 5.32 Å². The Morgan fingerprint density at radius 3 is 2.45 bits per heavy atom. The molecule has 0 saturated heterocycles. The molecule has 0 fully saturated rings. The number of methoxy groups -OCH3 is 1. The molecule has 2 rings (SSSR count). The van der Waals surface area contributed by atoms with Crippen LogP contribution in [0.4, 0.5) is 0 Å². The lowest BCUT2D eigenvalue weighted by atomic mass is 10.1. The predicted molar refractivity (Wildman–Crippen MR) is 115 cm³/mol. The Labute approximate surface area is 172 Å². The first-order chi connectivity index (χ1) is 13.9. The fourth-order valence-electron chi connectivity index (χ4n) is 2.46. The third-order valence-corrected chi connectivity index (χ3v) is 4.12. The van der Waals surface area contributed by atoms with Gasteiger partial charge in [-0.2, -0.15) is 0 Å². The molecule has 5 heteroatoms. The number of aryl methyl sites for hydroxylation is 1. The van der Waals surface area contributed by atoms with Crippen LogP contribution in [0.5, 0.6) is 5.75 Å². The molecule has 0 aromatic heterocycles. The van der Waals surface area contributed by atoms with Crippen molar-refractivity contribution in [2.24, 2.45) is 0 Å². The second kappa shape index (κ2) is 10.9. The molecule has 152 valence electrons. The van der Waals surface area contributed by atoms with Crippen molar-refractivity contribution in [3.8, 4) is 5.75 Å². The Morgan fingerprint density at radius 1 is 1.07 bits per heavy atom. The molecule has 2 aromatic carbocycles. The molecule has 0 aliphatic carbocycles. The number of esters is 1. The van der Waals surface area contributed by atoms with Crippen LogP contribution in [0, 0.1) is 6.92 Å². The van der Waals surface area contributed by atoms with Crippen molar-refractivity contribution in [2.45, 2.75) is 27.3 Å². The molecular formula is C24H27NO4. The van der Waals surface area contributed by atoms with Gasteiger partial charge in [-0.05, 0) is 62.2 Å². The molecule has 0 bridgehead atoms. The first kappa shape index (κ1) is 22.0. The maximum absolute atomic E-state index is 12.7. The predicted octanol–water partition coefficient (Wildman–Crippen LogP) is 4.46. The summed E-state index contributed by atoms with van der Waals surface area (Å²) in [5, 5.41) is 2.92. The highest BCUT2D eigenvalue weighted by molar-refractivity contribution is 5.95. The van der Waals surface area contributed by atoms with Crippen LogP contribution in [-0.4, -0.2) is 25.6 Å². The zero-order chi connectivity index (χ0) is 21.2. The van der Waals surface area contributed by atoms with Gasteiger partial charge in [0.2, 0.25) is 0 Å². The van der Waals surface area contributed by atoms with Crippen LogP contribution in [0.25, 0.3) is 6.08 Å². The minimum Gasteiger partial charge on any atom is -0.489 e. The summed E-state index contributed by atoms with van der Waals surface area (Å²) in [6.45, 7) is 6.82. The Bertz CT molecular complexity index is 907. The van der Waals surface area contributed by atoms with Gasteiger partial charge in [0.1, 0.15) is 12.4 Å². The molecule has 0 aliphatic rings. The molecule has 0 atom stereocenters. The summed E-state index contributed by atoms with van der Waals surface area (Å²) in [5.74, 6) is -0.132. The second-order valence-corrected chi connectivity index (χ2v) is 6.91. The number of ether oxygens (including phenoxy) is 2. The summed E-state index contributed by atoms with van der Waals surface area (Å²) >= 11 is 0. The molecule has 1 amide bonds. The monoisotopic (exact) mass is 393 g/mol. The van der Waals surface area contributed by atoms with Gasteiger partial charge in [-0.25, -0.2) is 4.79 Å². The van der Waals surface area contributed by atoms with Crippen LogP contribution in [0.2, 0.25) is 0 Å². The lowest BCUT2D eigenvalue weighted by Gasteiger charge is -2.10. The van der Waals surface area contributed by atoms with E-state index in [1.807, 2.05) is 51.1 Å². The van der Waals surface area contributed by atoms with Crippen molar-refractivity contribution in [2.75, 3.05) is 13.7 Å². The minimum atomic E-state index is -0.466. The van der Waals surface area contributed by atoms with Gasteiger partial charge in [-0.15, -0.1) is 0 Å². The van der Waals surface area contributed by atoms with E-state index in [0.717, 1.165) is 11.1 Å². The Kier molecular flexibility index (Phi) is 8.22. The van der Waals surface area contributed by atoms with Gasteiger partial charge in [-0.1, -0.05) is 35.4 Å². The van der Waals surface area contributed by atoms with Crippen LogP contribution in [-0.2, 0) is 16.1 Å². The van der Waals surface area contributed by atoms with E-state index in [2.05, 4.69) is 10.1 Å². The van der Waals surface area contributed by atoms with Gasteiger partial charge < -0.3 is 14.8 Å². The van der Waals surface area contributed by atoms with Crippen LogP contribution in [0.3, 0.4) is 0 Å². The number of carbonyl (C=O) groups excluding carboxylic acids is 2. The molecule has 5 nitrogen and oxygen atoms in total. The van der Waals surface area contributed by atoms with Crippen LogP contribution < -0.4 is 10.1 Å². The van der Waals surface area contributed by atoms with E-state index in [1.54, 1.807) is 24.3 Å². The first-order valence-electron chi connectivity index (χ1n) is 9.38. The van der Waals surface area contributed by atoms with E-state index in [4.69, 9.17) is 4.74 Å². The number of rotatable bonds is 8. The van der Waals surface area contributed by atoms with Crippen molar-refractivity contribution >= 4 is 18.0 Å². The van der Waals surface area contributed by atoms with E-state index in [0.29, 0.717) is 30.0 Å². The summed E-state index contributed by atoms with van der Waals surface area (Å²) in [6, 6.07) is 13.2. The van der Waals surface area contributed by atoms with Crippen molar-refractivity contribution < 1.29 is 19.1 Å². The van der Waals surface area contributed by atoms with Crippen molar-refractivity contribution in [3.63, 3.8) is 0 Å². The topological polar surface area (TPSA) is 64.6 Å². The summed E-state index contributed by atoms with van der Waals surface area (Å²) in [5.41, 5.74) is 4.46. The van der Waals surface area contributed by atoms with Crippen molar-refractivity contribution in [1.29, 1.82) is 0 Å². The number of allylic oxidation sites excluding steroid dienone is 1. The molecule has 0 heterocycles. The van der Waals surface area contributed by atoms with Crippen LogP contribution >= 0.6 is 0 Å². The highest BCUT2D eigenvalue weighted by Gasteiger charge is 2.09. The number of hydrogen-bond acceptors (Lipinski definition) is 4. The standard InChI is InChI=1S/C24H27NO4/c1-17(2)11-12-29-22-14-20(9-10-23(26)28-4)13-21(15-22)24(27)25-16-19-7-5-18(3)6-8-19/h5-11,13-15H,12,16H2,1-4H3,(H,25,27)/b10-9+. The lowest BCUT2D eigenvalue weighted by Crippen LogP contribution is -2.23. The lowest BCUT2D eigenvalue weighted by molar-refractivity contribution is -0.134. The number of benzene rings is 2. The largest absolute Gasteiger partial charge is 0.489 e. The summed E-state index contributed by atoms with van der Waals surface area (Å²) in [4.78, 5) is 24.1. The highest BCUT2D eigenvalue weighted by atomic mass is 16.5. The number of amides is 1. The Morgan fingerprint density at radius 2 is 1.79 bits per heavy atom. The average molecular weight is 393 g/mol.